The van der Waals surface area contributed by atoms with Crippen LogP contribution < -0.4 is 10.6 Å². The van der Waals surface area contributed by atoms with Crippen molar-refractivity contribution in [3.05, 3.63) is 71.0 Å². The second kappa shape index (κ2) is 8.00. The van der Waals surface area contributed by atoms with E-state index in [1.165, 1.54) is 12.1 Å². The van der Waals surface area contributed by atoms with Gasteiger partial charge in [-0.25, -0.2) is 9.18 Å². The van der Waals surface area contributed by atoms with E-state index in [1.54, 1.807) is 35.2 Å². The first-order chi connectivity index (χ1) is 14.0. The fraction of sp³-hybridized carbons (Fsp3) is 0.286. The lowest BCUT2D eigenvalue weighted by atomic mass is 10.0. The first-order valence-corrected chi connectivity index (χ1v) is 9.47. The number of hydrogen-bond acceptors (Lipinski definition) is 4. The van der Waals surface area contributed by atoms with Crippen LogP contribution in [-0.4, -0.2) is 53.8 Å². The number of benzene rings is 2. The Morgan fingerprint density at radius 2 is 1.97 bits per heavy atom. The molecule has 1 unspecified atom stereocenters. The molecule has 2 heterocycles. The van der Waals surface area contributed by atoms with Crippen molar-refractivity contribution in [2.24, 2.45) is 0 Å². The summed E-state index contributed by atoms with van der Waals surface area (Å²) in [7, 11) is 0. The van der Waals surface area contributed by atoms with Gasteiger partial charge >= 0.3 is 6.03 Å². The minimum Gasteiger partial charge on any atom is -0.329 e. The summed E-state index contributed by atoms with van der Waals surface area (Å²) >= 11 is 0. The molecule has 150 valence electrons. The quantitative estimate of drug-likeness (QED) is 0.771. The molecule has 0 spiro atoms. The van der Waals surface area contributed by atoms with Gasteiger partial charge in [0.1, 0.15) is 5.82 Å². The third kappa shape index (κ3) is 3.97. The number of carbonyl (C=O) groups is 3. The van der Waals surface area contributed by atoms with E-state index in [2.05, 4.69) is 10.6 Å². The second-order valence-corrected chi connectivity index (χ2v) is 7.11. The van der Waals surface area contributed by atoms with Crippen molar-refractivity contribution in [3.8, 4) is 0 Å². The molecule has 8 heteroatoms. The van der Waals surface area contributed by atoms with Crippen molar-refractivity contribution >= 4 is 17.8 Å². The Kier molecular flexibility index (Phi) is 5.26. The number of amides is 4. The molecule has 4 amide bonds. The van der Waals surface area contributed by atoms with Gasteiger partial charge in [0.2, 0.25) is 5.91 Å². The van der Waals surface area contributed by atoms with E-state index in [0.29, 0.717) is 30.8 Å². The highest BCUT2D eigenvalue weighted by molar-refractivity contribution is 6.02. The normalized spacial score (nSPS) is 19.4. The maximum Gasteiger partial charge on any atom is 0.324 e. The van der Waals surface area contributed by atoms with Gasteiger partial charge in [-0.15, -0.1) is 0 Å². The molecule has 7 nitrogen and oxygen atoms in total. The third-order valence-corrected chi connectivity index (χ3v) is 5.19. The lowest BCUT2D eigenvalue weighted by Gasteiger charge is -2.36. The molecular weight excluding hydrogens is 375 g/mol. The summed E-state index contributed by atoms with van der Waals surface area (Å²) in [5.74, 6) is -0.796. The Bertz CT molecular complexity index is 948. The summed E-state index contributed by atoms with van der Waals surface area (Å²) < 4.78 is 13.7. The number of imide groups is 1. The number of carbonyl (C=O) groups excluding carboxylic acids is 3. The molecule has 2 aromatic carbocycles. The molecule has 0 aromatic heterocycles. The summed E-state index contributed by atoms with van der Waals surface area (Å²) in [6.45, 7) is 1.79. The van der Waals surface area contributed by atoms with Crippen LogP contribution >= 0.6 is 0 Å². The van der Waals surface area contributed by atoms with Crippen LogP contribution in [0.3, 0.4) is 0 Å². The highest BCUT2D eigenvalue weighted by atomic mass is 19.1. The Morgan fingerprint density at radius 1 is 1.14 bits per heavy atom. The van der Waals surface area contributed by atoms with Gasteiger partial charge in [-0.05, 0) is 35.4 Å². The Balaban J connectivity index is 1.56. The maximum absolute atomic E-state index is 13.7. The van der Waals surface area contributed by atoms with Gasteiger partial charge in [0, 0.05) is 25.2 Å². The second-order valence-electron chi connectivity index (χ2n) is 7.11. The molecular formula is C21H21FN4O3. The standard InChI is InChI=1S/C21H21FN4O3/c22-17-6-2-4-15(10-17)18-11-23-7-8-25(18)20(28)16-5-1-3-14(9-16)13-26-19(27)12-24-21(26)29/h1-6,9-10,18,23H,7-8,11-13H2,(H,24,29). The van der Waals surface area contributed by atoms with Crippen LogP contribution in [0.5, 0.6) is 0 Å². The molecule has 2 saturated heterocycles. The van der Waals surface area contributed by atoms with E-state index in [4.69, 9.17) is 0 Å². The average Bonchev–Trinajstić information content (AvgIpc) is 3.05. The first-order valence-electron chi connectivity index (χ1n) is 9.47. The Morgan fingerprint density at radius 3 is 2.72 bits per heavy atom. The zero-order valence-corrected chi connectivity index (χ0v) is 15.7. The fourth-order valence-corrected chi connectivity index (χ4v) is 3.73. The molecule has 4 rings (SSSR count). The van der Waals surface area contributed by atoms with Crippen molar-refractivity contribution in [1.82, 2.24) is 20.4 Å². The van der Waals surface area contributed by atoms with Gasteiger partial charge < -0.3 is 15.5 Å². The summed E-state index contributed by atoms with van der Waals surface area (Å²) in [5.41, 5.74) is 1.90. The molecule has 0 bridgehead atoms. The molecule has 2 aromatic rings. The predicted octanol–water partition coefficient (Wildman–Crippen LogP) is 1.66. The SMILES string of the molecule is O=C1CNC(=O)N1Cc1cccc(C(=O)N2CCNCC2c2cccc(F)c2)c1. The van der Waals surface area contributed by atoms with Crippen molar-refractivity contribution in [1.29, 1.82) is 0 Å². The van der Waals surface area contributed by atoms with Gasteiger partial charge in [-0.2, -0.15) is 0 Å². The van der Waals surface area contributed by atoms with Gasteiger partial charge in [-0.1, -0.05) is 24.3 Å². The fourth-order valence-electron chi connectivity index (χ4n) is 3.73. The molecule has 1 atom stereocenters. The maximum atomic E-state index is 13.7. The summed E-state index contributed by atoms with van der Waals surface area (Å²) in [4.78, 5) is 39.7. The average molecular weight is 396 g/mol. The topological polar surface area (TPSA) is 81.8 Å². The molecule has 2 N–H and O–H groups in total. The Hall–Kier alpha value is -3.26. The molecule has 2 aliphatic heterocycles. The number of rotatable bonds is 4. The van der Waals surface area contributed by atoms with E-state index >= 15 is 0 Å². The molecule has 29 heavy (non-hydrogen) atoms. The van der Waals surface area contributed by atoms with E-state index in [9.17, 15) is 18.8 Å². The number of halogens is 1. The lowest BCUT2D eigenvalue weighted by Crippen LogP contribution is -2.48. The highest BCUT2D eigenvalue weighted by Crippen LogP contribution is 2.25. The number of nitrogens with zero attached hydrogens (tertiary/aromatic N) is 2. The van der Waals surface area contributed by atoms with E-state index in [1.807, 2.05) is 6.07 Å². The minimum absolute atomic E-state index is 0.00640. The molecule has 0 radical (unpaired) electrons. The van der Waals surface area contributed by atoms with E-state index in [-0.39, 0.29) is 36.8 Å². The monoisotopic (exact) mass is 396 g/mol. The number of urea groups is 1. The van der Waals surface area contributed by atoms with E-state index < -0.39 is 6.03 Å². The van der Waals surface area contributed by atoms with Crippen molar-refractivity contribution in [3.63, 3.8) is 0 Å². The number of hydrogen-bond donors (Lipinski definition) is 2. The molecule has 2 aliphatic rings. The van der Waals surface area contributed by atoms with Gasteiger partial charge in [0.15, 0.2) is 0 Å². The van der Waals surface area contributed by atoms with Crippen LogP contribution in [0, 0.1) is 5.82 Å². The third-order valence-electron chi connectivity index (χ3n) is 5.19. The largest absolute Gasteiger partial charge is 0.329 e. The van der Waals surface area contributed by atoms with Crippen LogP contribution in [0.1, 0.15) is 27.5 Å². The van der Waals surface area contributed by atoms with Crippen molar-refractivity contribution in [2.45, 2.75) is 12.6 Å². The first kappa shape index (κ1) is 19.1. The van der Waals surface area contributed by atoms with Crippen LogP contribution in [0.25, 0.3) is 0 Å². The summed E-state index contributed by atoms with van der Waals surface area (Å²) in [6, 6.07) is 12.5. The number of piperazine rings is 1. The molecule has 0 aliphatic carbocycles. The van der Waals surface area contributed by atoms with Gasteiger partial charge in [-0.3, -0.25) is 14.5 Å². The number of nitrogens with one attached hydrogen (secondary N) is 2. The smallest absolute Gasteiger partial charge is 0.324 e. The van der Waals surface area contributed by atoms with Crippen LogP contribution in [0.4, 0.5) is 9.18 Å². The van der Waals surface area contributed by atoms with Crippen molar-refractivity contribution < 1.29 is 18.8 Å². The summed E-state index contributed by atoms with van der Waals surface area (Å²) in [6.07, 6.45) is 0. The highest BCUT2D eigenvalue weighted by Gasteiger charge is 2.30. The van der Waals surface area contributed by atoms with Crippen LogP contribution in [-0.2, 0) is 11.3 Å². The zero-order chi connectivity index (χ0) is 20.4. The van der Waals surface area contributed by atoms with Crippen LogP contribution in [0.15, 0.2) is 48.5 Å². The molecule has 0 saturated carbocycles. The van der Waals surface area contributed by atoms with Gasteiger partial charge in [0.05, 0.1) is 19.1 Å². The van der Waals surface area contributed by atoms with Crippen molar-refractivity contribution in [2.75, 3.05) is 26.2 Å². The Labute approximate surface area is 167 Å². The molecule has 2 fully saturated rings. The lowest BCUT2D eigenvalue weighted by molar-refractivity contribution is -0.125. The van der Waals surface area contributed by atoms with Crippen LogP contribution in [0.2, 0.25) is 0 Å². The summed E-state index contributed by atoms with van der Waals surface area (Å²) in [5, 5.41) is 5.74. The van der Waals surface area contributed by atoms with Gasteiger partial charge in [0.25, 0.3) is 5.91 Å². The predicted molar refractivity (Wildman–Crippen MR) is 103 cm³/mol. The van der Waals surface area contributed by atoms with E-state index in [0.717, 1.165) is 10.5 Å². The zero-order valence-electron chi connectivity index (χ0n) is 15.7. The minimum atomic E-state index is -0.431.